The summed E-state index contributed by atoms with van der Waals surface area (Å²) in [5.74, 6) is 1.38. The molecule has 2 saturated heterocycles. The summed E-state index contributed by atoms with van der Waals surface area (Å²) in [5.41, 5.74) is 5.70. The number of ether oxygens (including phenoxy) is 1. The summed E-state index contributed by atoms with van der Waals surface area (Å²) in [6.07, 6.45) is 2.27. The standard InChI is InChI=1S/C18H35N5O2.HI/c1-15-6-5-8-23(14-15)16(19)20-7-9-21-10-12-22(13-11-21)17(24)25-18(2,3)4;/h15H,5-14H2,1-4H3,(H2,19,20);1H. The molecule has 8 heteroatoms. The lowest BCUT2D eigenvalue weighted by Crippen LogP contribution is -2.50. The van der Waals surface area contributed by atoms with E-state index >= 15 is 0 Å². The maximum atomic E-state index is 12.1. The normalized spacial score (nSPS) is 22.8. The van der Waals surface area contributed by atoms with Crippen molar-refractivity contribution in [2.75, 3.05) is 52.4 Å². The molecular weight excluding hydrogens is 445 g/mol. The Bertz CT molecular complexity index is 473. The fourth-order valence-corrected chi connectivity index (χ4v) is 3.28. The number of amides is 1. The lowest BCUT2D eigenvalue weighted by atomic mass is 10.0. The Morgan fingerprint density at radius 3 is 2.38 bits per heavy atom. The van der Waals surface area contributed by atoms with Gasteiger partial charge in [0.2, 0.25) is 0 Å². The highest BCUT2D eigenvalue weighted by Gasteiger charge is 2.25. The second kappa shape index (κ2) is 10.5. The maximum absolute atomic E-state index is 12.1. The number of carbonyl (C=O) groups excluding carboxylic acids is 1. The first kappa shape index (κ1) is 23.3. The largest absolute Gasteiger partial charge is 0.444 e. The minimum absolute atomic E-state index is 0. The molecule has 1 atom stereocenters. The maximum Gasteiger partial charge on any atom is 0.410 e. The van der Waals surface area contributed by atoms with E-state index in [9.17, 15) is 4.79 Å². The van der Waals surface area contributed by atoms with Crippen LogP contribution in [-0.4, -0.2) is 84.7 Å². The Labute approximate surface area is 175 Å². The Morgan fingerprint density at radius 1 is 1.15 bits per heavy atom. The summed E-state index contributed by atoms with van der Waals surface area (Å²) in [5, 5.41) is 0. The molecule has 0 saturated carbocycles. The molecule has 152 valence electrons. The number of hydrogen-bond donors (Lipinski definition) is 1. The fourth-order valence-electron chi connectivity index (χ4n) is 3.28. The van der Waals surface area contributed by atoms with Crippen LogP contribution in [0.4, 0.5) is 4.79 Å². The van der Waals surface area contributed by atoms with E-state index in [4.69, 9.17) is 10.5 Å². The van der Waals surface area contributed by atoms with Crippen LogP contribution in [0.2, 0.25) is 0 Å². The molecular formula is C18H36IN5O2. The molecule has 0 bridgehead atoms. The topological polar surface area (TPSA) is 74.4 Å². The smallest absolute Gasteiger partial charge is 0.410 e. The SMILES string of the molecule is CC1CCCN(C(N)=NCCN2CCN(C(=O)OC(C)(C)C)CC2)C1.I. The van der Waals surface area contributed by atoms with Gasteiger partial charge in [-0.2, -0.15) is 0 Å². The van der Waals surface area contributed by atoms with Crippen molar-refractivity contribution in [3.05, 3.63) is 0 Å². The van der Waals surface area contributed by atoms with Crippen molar-refractivity contribution in [3.63, 3.8) is 0 Å². The summed E-state index contributed by atoms with van der Waals surface area (Å²) < 4.78 is 5.43. The van der Waals surface area contributed by atoms with E-state index in [2.05, 4.69) is 21.7 Å². The van der Waals surface area contributed by atoms with E-state index in [-0.39, 0.29) is 30.1 Å². The Kier molecular flexibility index (Phi) is 9.43. The molecule has 0 radical (unpaired) electrons. The minimum atomic E-state index is -0.438. The van der Waals surface area contributed by atoms with Gasteiger partial charge in [0, 0.05) is 45.8 Å². The monoisotopic (exact) mass is 481 g/mol. The number of guanidine groups is 1. The van der Waals surface area contributed by atoms with Crippen LogP contribution in [-0.2, 0) is 4.74 Å². The number of rotatable bonds is 3. The molecule has 1 amide bonds. The van der Waals surface area contributed by atoms with Crippen LogP contribution in [0.15, 0.2) is 4.99 Å². The third-order valence-corrected chi connectivity index (χ3v) is 4.70. The number of likely N-dealkylation sites (tertiary alicyclic amines) is 1. The van der Waals surface area contributed by atoms with Gasteiger partial charge in [0.05, 0.1) is 6.54 Å². The number of nitrogens with zero attached hydrogens (tertiary/aromatic N) is 4. The minimum Gasteiger partial charge on any atom is -0.444 e. The average molecular weight is 481 g/mol. The Hall–Kier alpha value is -0.770. The summed E-state index contributed by atoms with van der Waals surface area (Å²) in [6, 6.07) is 0. The first-order valence-corrected chi connectivity index (χ1v) is 9.50. The van der Waals surface area contributed by atoms with Crippen LogP contribution >= 0.6 is 24.0 Å². The third kappa shape index (κ3) is 7.85. The first-order valence-electron chi connectivity index (χ1n) is 9.50. The van der Waals surface area contributed by atoms with E-state index in [0.717, 1.165) is 32.7 Å². The van der Waals surface area contributed by atoms with Crippen LogP contribution in [0.1, 0.15) is 40.5 Å². The van der Waals surface area contributed by atoms with E-state index in [1.54, 1.807) is 4.90 Å². The number of halogens is 1. The Balaban J connectivity index is 0.00000338. The molecule has 2 fully saturated rings. The van der Waals surface area contributed by atoms with Gasteiger partial charge in [-0.05, 0) is 39.5 Å². The summed E-state index contributed by atoms with van der Waals surface area (Å²) in [6.45, 7) is 14.7. The van der Waals surface area contributed by atoms with Crippen molar-refractivity contribution in [2.45, 2.75) is 46.1 Å². The lowest BCUT2D eigenvalue weighted by molar-refractivity contribution is 0.0148. The van der Waals surface area contributed by atoms with E-state index < -0.39 is 5.60 Å². The van der Waals surface area contributed by atoms with Gasteiger partial charge >= 0.3 is 6.09 Å². The molecule has 2 rings (SSSR count). The van der Waals surface area contributed by atoms with Gasteiger partial charge in [-0.1, -0.05) is 6.92 Å². The molecule has 2 heterocycles. The number of nitrogens with two attached hydrogens (primary N) is 1. The zero-order chi connectivity index (χ0) is 18.4. The van der Waals surface area contributed by atoms with E-state index in [1.807, 2.05) is 20.8 Å². The molecule has 2 aliphatic rings. The number of hydrogen-bond acceptors (Lipinski definition) is 4. The van der Waals surface area contributed by atoms with Gasteiger partial charge in [0.15, 0.2) is 5.96 Å². The average Bonchev–Trinajstić information content (AvgIpc) is 2.53. The van der Waals surface area contributed by atoms with Crippen molar-refractivity contribution < 1.29 is 9.53 Å². The second-order valence-corrected chi connectivity index (χ2v) is 8.24. The molecule has 0 aliphatic carbocycles. The second-order valence-electron chi connectivity index (χ2n) is 8.24. The molecule has 26 heavy (non-hydrogen) atoms. The van der Waals surface area contributed by atoms with Crippen LogP contribution in [0, 0.1) is 5.92 Å². The van der Waals surface area contributed by atoms with Crippen molar-refractivity contribution in [1.82, 2.24) is 14.7 Å². The van der Waals surface area contributed by atoms with Crippen LogP contribution < -0.4 is 5.73 Å². The predicted molar refractivity (Wildman–Crippen MR) is 116 cm³/mol. The molecule has 1 unspecified atom stereocenters. The zero-order valence-electron chi connectivity index (χ0n) is 16.7. The third-order valence-electron chi connectivity index (χ3n) is 4.70. The van der Waals surface area contributed by atoms with Gasteiger partial charge in [0.1, 0.15) is 5.60 Å². The number of piperazine rings is 1. The molecule has 2 N–H and O–H groups in total. The van der Waals surface area contributed by atoms with Crippen molar-refractivity contribution in [2.24, 2.45) is 16.6 Å². The van der Waals surface area contributed by atoms with Gasteiger partial charge in [-0.15, -0.1) is 24.0 Å². The predicted octanol–water partition coefficient (Wildman–Crippen LogP) is 2.20. The van der Waals surface area contributed by atoms with Gasteiger partial charge in [-0.25, -0.2) is 4.79 Å². The van der Waals surface area contributed by atoms with Crippen LogP contribution in [0.3, 0.4) is 0 Å². The van der Waals surface area contributed by atoms with Gasteiger partial charge in [0.25, 0.3) is 0 Å². The highest BCUT2D eigenvalue weighted by Crippen LogP contribution is 2.15. The lowest BCUT2D eigenvalue weighted by Gasteiger charge is -2.35. The molecule has 0 spiro atoms. The van der Waals surface area contributed by atoms with Crippen molar-refractivity contribution in [3.8, 4) is 0 Å². The van der Waals surface area contributed by atoms with Gasteiger partial charge < -0.3 is 20.3 Å². The van der Waals surface area contributed by atoms with E-state index in [0.29, 0.717) is 31.5 Å². The quantitative estimate of drug-likeness (QED) is 0.380. The van der Waals surface area contributed by atoms with Crippen molar-refractivity contribution in [1.29, 1.82) is 0 Å². The number of aliphatic imine (C=N–C) groups is 1. The highest BCUT2D eigenvalue weighted by atomic mass is 127. The van der Waals surface area contributed by atoms with Crippen LogP contribution in [0.25, 0.3) is 0 Å². The summed E-state index contributed by atoms with van der Waals surface area (Å²) in [4.78, 5) is 22.9. The fraction of sp³-hybridized carbons (Fsp3) is 0.889. The molecule has 0 aromatic rings. The molecule has 0 aromatic carbocycles. The Morgan fingerprint density at radius 2 is 1.81 bits per heavy atom. The summed E-state index contributed by atoms with van der Waals surface area (Å²) >= 11 is 0. The first-order chi connectivity index (χ1) is 11.7. The zero-order valence-corrected chi connectivity index (χ0v) is 19.1. The van der Waals surface area contributed by atoms with E-state index in [1.165, 1.54) is 12.8 Å². The summed E-state index contributed by atoms with van der Waals surface area (Å²) in [7, 11) is 0. The van der Waals surface area contributed by atoms with Gasteiger partial charge in [-0.3, -0.25) is 9.89 Å². The molecule has 2 aliphatic heterocycles. The number of piperidine rings is 1. The van der Waals surface area contributed by atoms with Crippen molar-refractivity contribution >= 4 is 36.0 Å². The number of carbonyl (C=O) groups is 1. The van der Waals surface area contributed by atoms with Crippen LogP contribution in [0.5, 0.6) is 0 Å². The highest BCUT2D eigenvalue weighted by molar-refractivity contribution is 14.0. The molecule has 7 nitrogen and oxygen atoms in total. The molecule has 0 aromatic heterocycles.